The number of carbonyl (C=O) groups is 4. The first-order chi connectivity index (χ1) is 18.0. The Hall–Kier alpha value is -3.68. The highest BCUT2D eigenvalue weighted by molar-refractivity contribution is 5.91. The Morgan fingerprint density at radius 2 is 1.89 bits per heavy atom. The minimum Gasteiger partial charge on any atom is -0.484 e. The summed E-state index contributed by atoms with van der Waals surface area (Å²) in [5.41, 5.74) is 2.05. The van der Waals surface area contributed by atoms with Crippen LogP contribution in [0, 0.1) is 17.8 Å². The van der Waals surface area contributed by atoms with Crippen molar-refractivity contribution in [2.45, 2.75) is 44.2 Å². The van der Waals surface area contributed by atoms with Gasteiger partial charge in [0.15, 0.2) is 6.61 Å². The second-order valence-electron chi connectivity index (χ2n) is 10.3. The van der Waals surface area contributed by atoms with Gasteiger partial charge in [-0.2, -0.15) is 0 Å². The van der Waals surface area contributed by atoms with Crippen LogP contribution in [0.5, 0.6) is 5.75 Å². The number of nitrogens with zero attached hydrogens (tertiary/aromatic N) is 1. The fraction of sp³-hybridized carbons (Fsp3) is 0.448. The molecule has 8 nitrogen and oxygen atoms in total. The molecule has 0 bridgehead atoms. The van der Waals surface area contributed by atoms with E-state index >= 15 is 0 Å². The number of hydrogen-bond donors (Lipinski definition) is 2. The first-order valence-electron chi connectivity index (χ1n) is 13.1. The van der Waals surface area contributed by atoms with Gasteiger partial charge >= 0.3 is 0 Å². The summed E-state index contributed by atoms with van der Waals surface area (Å²) in [6, 6.07) is 16.2. The maximum absolute atomic E-state index is 13.4. The van der Waals surface area contributed by atoms with Crippen molar-refractivity contribution in [3.05, 3.63) is 54.6 Å². The topological polar surface area (TPSA) is 105 Å². The lowest BCUT2D eigenvalue weighted by Crippen LogP contribution is -2.52. The molecule has 0 unspecified atom stereocenters. The number of carbonyl (C=O) groups excluding carboxylic acids is 4. The van der Waals surface area contributed by atoms with Gasteiger partial charge in [-0.05, 0) is 60.8 Å². The average Bonchev–Trinajstić information content (AvgIpc) is 3.64. The minimum atomic E-state index is -0.754. The van der Waals surface area contributed by atoms with E-state index in [1.807, 2.05) is 54.6 Å². The molecule has 3 amide bonds. The van der Waals surface area contributed by atoms with Gasteiger partial charge in [0.1, 0.15) is 18.1 Å². The number of fused-ring (bicyclic) bond motifs is 1. The lowest BCUT2D eigenvalue weighted by molar-refractivity contribution is -0.141. The molecule has 2 aromatic carbocycles. The predicted octanol–water partition coefficient (Wildman–Crippen LogP) is 2.57. The monoisotopic (exact) mass is 503 g/mol. The molecule has 1 aliphatic carbocycles. The van der Waals surface area contributed by atoms with Crippen LogP contribution in [0.3, 0.4) is 0 Å². The third kappa shape index (κ3) is 5.53. The first-order valence-corrected chi connectivity index (χ1v) is 13.1. The predicted molar refractivity (Wildman–Crippen MR) is 137 cm³/mol. The van der Waals surface area contributed by atoms with E-state index in [-0.39, 0.29) is 48.5 Å². The summed E-state index contributed by atoms with van der Waals surface area (Å²) in [6.07, 6.45) is 4.51. The summed E-state index contributed by atoms with van der Waals surface area (Å²) in [7, 11) is 0. The van der Waals surface area contributed by atoms with E-state index in [9.17, 15) is 19.2 Å². The molecule has 3 fully saturated rings. The molecule has 5 atom stereocenters. The van der Waals surface area contributed by atoms with Crippen molar-refractivity contribution < 1.29 is 23.9 Å². The van der Waals surface area contributed by atoms with E-state index in [1.54, 1.807) is 4.90 Å². The molecular weight excluding hydrogens is 470 g/mol. The molecule has 2 aliphatic heterocycles. The minimum absolute atomic E-state index is 0.0763. The number of rotatable bonds is 9. The highest BCUT2D eigenvalue weighted by atomic mass is 16.5. The van der Waals surface area contributed by atoms with Crippen LogP contribution in [0.25, 0.3) is 11.1 Å². The Kier molecular flexibility index (Phi) is 7.53. The molecule has 2 aromatic rings. The summed E-state index contributed by atoms with van der Waals surface area (Å²) in [5.74, 6) is 0.0239. The number of benzene rings is 2. The van der Waals surface area contributed by atoms with Crippen molar-refractivity contribution in [1.29, 1.82) is 0 Å². The van der Waals surface area contributed by atoms with Gasteiger partial charge in [0.2, 0.25) is 11.8 Å². The van der Waals surface area contributed by atoms with E-state index in [2.05, 4.69) is 10.6 Å². The van der Waals surface area contributed by atoms with Crippen molar-refractivity contribution in [3.63, 3.8) is 0 Å². The molecule has 0 aromatic heterocycles. The molecule has 2 heterocycles. The number of hydrogen-bond acceptors (Lipinski definition) is 5. The normalized spacial score (nSPS) is 25.3. The zero-order valence-corrected chi connectivity index (χ0v) is 20.8. The molecule has 1 saturated carbocycles. The standard InChI is InChI=1S/C29H33N3O5/c33-17-23(14-21-12-13-30-28(21)35)31-29(36)27-25-11-5-9-22(25)16-32(27)26(34)18-37-24-10-4-8-20(15-24)19-6-2-1-3-7-19/h1-4,6-8,10,15,17,21-23,25,27H,5,9,11-14,16,18H2,(H,30,35)(H,31,36)/t21-,22-,23-,25-,27-/m0/s1. The summed E-state index contributed by atoms with van der Waals surface area (Å²) in [5, 5.41) is 5.60. The second-order valence-corrected chi connectivity index (χ2v) is 10.3. The van der Waals surface area contributed by atoms with Crippen LogP contribution in [0.1, 0.15) is 32.1 Å². The zero-order valence-electron chi connectivity index (χ0n) is 20.8. The summed E-state index contributed by atoms with van der Waals surface area (Å²) in [4.78, 5) is 52.0. The largest absolute Gasteiger partial charge is 0.484 e. The van der Waals surface area contributed by atoms with Crippen LogP contribution in [0.4, 0.5) is 0 Å². The highest BCUT2D eigenvalue weighted by Gasteiger charge is 2.49. The van der Waals surface area contributed by atoms with E-state index in [4.69, 9.17) is 4.74 Å². The van der Waals surface area contributed by atoms with Gasteiger partial charge < -0.3 is 25.1 Å². The molecule has 194 valence electrons. The molecule has 2 N–H and O–H groups in total. The lowest BCUT2D eigenvalue weighted by Gasteiger charge is -2.28. The highest BCUT2D eigenvalue weighted by Crippen LogP contribution is 2.42. The number of nitrogens with one attached hydrogen (secondary N) is 2. The molecule has 8 heteroatoms. The third-order valence-corrected chi connectivity index (χ3v) is 7.98. The van der Waals surface area contributed by atoms with Crippen LogP contribution >= 0.6 is 0 Å². The van der Waals surface area contributed by atoms with Crippen LogP contribution in [0.2, 0.25) is 0 Å². The number of aldehydes is 1. The van der Waals surface area contributed by atoms with E-state index in [0.29, 0.717) is 31.5 Å². The van der Waals surface area contributed by atoms with Crippen molar-refractivity contribution in [1.82, 2.24) is 15.5 Å². The summed E-state index contributed by atoms with van der Waals surface area (Å²) in [6.45, 7) is 0.943. The molecule has 0 radical (unpaired) electrons. The smallest absolute Gasteiger partial charge is 0.261 e. The molecule has 3 aliphatic rings. The van der Waals surface area contributed by atoms with Crippen LogP contribution in [0.15, 0.2) is 54.6 Å². The SMILES string of the molecule is O=C[C@H](C[C@@H]1CCNC1=O)NC(=O)[C@@H]1[C@H]2CCC[C@H]2CN1C(=O)COc1cccc(-c2ccccc2)c1. The fourth-order valence-electron chi connectivity index (χ4n) is 6.12. The first kappa shape index (κ1) is 25.0. The van der Waals surface area contributed by atoms with Gasteiger partial charge in [-0.15, -0.1) is 0 Å². The van der Waals surface area contributed by atoms with Gasteiger partial charge in [-0.3, -0.25) is 14.4 Å². The lowest BCUT2D eigenvalue weighted by atomic mass is 9.92. The van der Waals surface area contributed by atoms with Crippen molar-refractivity contribution in [3.8, 4) is 16.9 Å². The van der Waals surface area contributed by atoms with Crippen molar-refractivity contribution in [2.75, 3.05) is 19.7 Å². The van der Waals surface area contributed by atoms with Gasteiger partial charge in [0.25, 0.3) is 5.91 Å². The summed E-state index contributed by atoms with van der Waals surface area (Å²) >= 11 is 0. The van der Waals surface area contributed by atoms with Crippen LogP contribution in [-0.4, -0.2) is 60.7 Å². The zero-order chi connectivity index (χ0) is 25.8. The molecule has 37 heavy (non-hydrogen) atoms. The Morgan fingerprint density at radius 3 is 2.65 bits per heavy atom. The van der Waals surface area contributed by atoms with Gasteiger partial charge in [0, 0.05) is 19.0 Å². The molecule has 2 saturated heterocycles. The summed E-state index contributed by atoms with van der Waals surface area (Å²) < 4.78 is 5.87. The van der Waals surface area contributed by atoms with Gasteiger partial charge in [-0.25, -0.2) is 0 Å². The van der Waals surface area contributed by atoms with E-state index in [1.165, 1.54) is 0 Å². The second kappa shape index (κ2) is 11.2. The molecular formula is C29H33N3O5. The van der Waals surface area contributed by atoms with E-state index in [0.717, 1.165) is 30.4 Å². The van der Waals surface area contributed by atoms with Crippen molar-refractivity contribution >= 4 is 24.0 Å². The fourth-order valence-corrected chi connectivity index (χ4v) is 6.12. The van der Waals surface area contributed by atoms with Crippen LogP contribution in [-0.2, 0) is 19.2 Å². The van der Waals surface area contributed by atoms with Gasteiger partial charge in [-0.1, -0.05) is 48.9 Å². The number of ether oxygens (including phenoxy) is 1. The number of amides is 3. The van der Waals surface area contributed by atoms with Gasteiger partial charge in [0.05, 0.1) is 6.04 Å². The molecule has 0 spiro atoms. The molecule has 5 rings (SSSR count). The Bertz CT molecular complexity index is 1150. The van der Waals surface area contributed by atoms with E-state index < -0.39 is 12.1 Å². The maximum Gasteiger partial charge on any atom is 0.261 e. The number of likely N-dealkylation sites (tertiary alicyclic amines) is 1. The van der Waals surface area contributed by atoms with Crippen LogP contribution < -0.4 is 15.4 Å². The Labute approximate surface area is 216 Å². The average molecular weight is 504 g/mol. The van der Waals surface area contributed by atoms with Crippen molar-refractivity contribution in [2.24, 2.45) is 17.8 Å². The maximum atomic E-state index is 13.4. The Balaban J connectivity index is 1.24. The quantitative estimate of drug-likeness (QED) is 0.512. The third-order valence-electron chi connectivity index (χ3n) is 7.98. The Morgan fingerprint density at radius 1 is 1.08 bits per heavy atom.